The van der Waals surface area contributed by atoms with Crippen LogP contribution < -0.4 is 0 Å². The van der Waals surface area contributed by atoms with Gasteiger partial charge in [-0.25, -0.2) is 0 Å². The van der Waals surface area contributed by atoms with Gasteiger partial charge in [0.1, 0.15) is 0 Å². The van der Waals surface area contributed by atoms with Crippen LogP contribution in [-0.4, -0.2) is 24.6 Å². The Morgan fingerprint density at radius 3 is 1.29 bits per heavy atom. The molecule has 0 aromatic carbocycles. The van der Waals surface area contributed by atoms with Crippen molar-refractivity contribution in [3.05, 3.63) is 0 Å². The highest BCUT2D eigenvalue weighted by Gasteiger charge is 2.37. The van der Waals surface area contributed by atoms with Crippen molar-refractivity contribution in [1.82, 2.24) is 0 Å². The lowest BCUT2D eigenvalue weighted by atomic mass is 10.3. The van der Waals surface area contributed by atoms with Gasteiger partial charge in [-0.05, 0) is 24.7 Å². The van der Waals surface area contributed by atoms with Crippen LogP contribution in [0.25, 0.3) is 0 Å². The molecule has 0 saturated carbocycles. The summed E-state index contributed by atoms with van der Waals surface area (Å²) in [6.07, 6.45) is 11.9. The van der Waals surface area contributed by atoms with Crippen LogP contribution in [0.4, 0.5) is 0 Å². The van der Waals surface area contributed by atoms with Crippen LogP contribution in [-0.2, 0) is 0 Å². The van der Waals surface area contributed by atoms with Gasteiger partial charge in [-0.2, -0.15) is 0 Å². The van der Waals surface area contributed by atoms with Crippen LogP contribution in [0.5, 0.6) is 0 Å². The first-order valence-electron chi connectivity index (χ1n) is 7.81. The molecule has 0 fully saturated rings. The largest absolute Gasteiger partial charge is 0.0652 e. The molecule has 0 spiro atoms. The molecule has 0 aromatic rings. The average molecular weight is 259 g/mol. The van der Waals surface area contributed by atoms with Crippen molar-refractivity contribution >= 4 is 7.26 Å². The second-order valence-corrected chi connectivity index (χ2v) is 11.0. The summed E-state index contributed by atoms with van der Waals surface area (Å²) in [4.78, 5) is 0. The molecule has 0 rings (SSSR count). The zero-order chi connectivity index (χ0) is 13.3. The van der Waals surface area contributed by atoms with Crippen molar-refractivity contribution in [2.45, 2.75) is 67.2 Å². The summed E-state index contributed by atoms with van der Waals surface area (Å²) in [5.41, 5.74) is 0. The Morgan fingerprint density at radius 2 is 1.06 bits per heavy atom. The molecule has 0 bridgehead atoms. The highest BCUT2D eigenvalue weighted by molar-refractivity contribution is 7.75. The van der Waals surface area contributed by atoms with E-state index in [1.54, 1.807) is 24.6 Å². The minimum Gasteiger partial charge on any atom is -0.0652 e. The molecule has 0 nitrogen and oxygen atoms in total. The van der Waals surface area contributed by atoms with Crippen LogP contribution in [0.2, 0.25) is 0 Å². The summed E-state index contributed by atoms with van der Waals surface area (Å²) in [7, 11) is -0.641. The second kappa shape index (κ2) is 9.37. The number of unbranched alkanes of at least 4 members (excludes halogenated alkanes) is 2. The van der Waals surface area contributed by atoms with Crippen molar-refractivity contribution in [1.29, 1.82) is 0 Å². The monoisotopic (exact) mass is 259 g/mol. The maximum absolute atomic E-state index is 2.42. The predicted octanol–water partition coefficient (Wildman–Crippen LogP) is 5.92. The summed E-state index contributed by atoms with van der Waals surface area (Å²) < 4.78 is 0. The van der Waals surface area contributed by atoms with E-state index in [2.05, 4.69) is 41.5 Å². The van der Waals surface area contributed by atoms with Crippen molar-refractivity contribution in [3.8, 4) is 0 Å². The van der Waals surface area contributed by atoms with Gasteiger partial charge < -0.3 is 0 Å². The number of rotatable bonds is 10. The molecule has 0 N–H and O–H groups in total. The Labute approximate surface area is 111 Å². The lowest BCUT2D eigenvalue weighted by molar-refractivity contribution is 0.699. The van der Waals surface area contributed by atoms with E-state index < -0.39 is 7.26 Å². The fourth-order valence-electron chi connectivity index (χ4n) is 3.09. The molecule has 0 aliphatic heterocycles. The molecule has 0 saturated heterocycles. The molecular formula is C16H36P+. The van der Waals surface area contributed by atoms with Crippen LogP contribution in [0.1, 0.15) is 67.2 Å². The van der Waals surface area contributed by atoms with Gasteiger partial charge >= 0.3 is 0 Å². The average Bonchev–Trinajstić information content (AvgIpc) is 2.22. The number of hydrogen-bond acceptors (Lipinski definition) is 0. The molecule has 104 valence electrons. The van der Waals surface area contributed by atoms with Crippen LogP contribution in [0.3, 0.4) is 0 Å². The molecule has 1 heteroatoms. The minimum atomic E-state index is -0.641. The van der Waals surface area contributed by atoms with Crippen LogP contribution in [0, 0.1) is 11.8 Å². The highest BCUT2D eigenvalue weighted by atomic mass is 31.2. The third-order valence-electron chi connectivity index (χ3n) is 3.48. The normalized spacial score (nSPS) is 12.7. The molecule has 0 atom stereocenters. The molecule has 0 unspecified atom stereocenters. The molecule has 0 amide bonds. The van der Waals surface area contributed by atoms with Crippen molar-refractivity contribution < 1.29 is 0 Å². The Bertz CT molecular complexity index is 152. The third-order valence-corrected chi connectivity index (χ3v) is 9.02. The molecular weight excluding hydrogens is 223 g/mol. The Morgan fingerprint density at radius 1 is 0.706 bits per heavy atom. The van der Waals surface area contributed by atoms with Gasteiger partial charge in [0.15, 0.2) is 0 Å². The van der Waals surface area contributed by atoms with Gasteiger partial charge in [0.2, 0.25) is 0 Å². The molecule has 0 aliphatic carbocycles. The van der Waals surface area contributed by atoms with Crippen LogP contribution >= 0.6 is 7.26 Å². The topological polar surface area (TPSA) is 0 Å². The molecule has 0 heterocycles. The lowest BCUT2D eigenvalue weighted by Crippen LogP contribution is -2.18. The smallest absolute Gasteiger partial charge is 0.0617 e. The zero-order valence-electron chi connectivity index (χ0n) is 13.3. The summed E-state index contributed by atoms with van der Waals surface area (Å²) in [5.74, 6) is 1.80. The van der Waals surface area contributed by atoms with Crippen molar-refractivity contribution in [2.24, 2.45) is 11.8 Å². The predicted molar refractivity (Wildman–Crippen MR) is 85.9 cm³/mol. The first-order valence-corrected chi connectivity index (χ1v) is 10.3. The van der Waals surface area contributed by atoms with E-state index in [9.17, 15) is 0 Å². The van der Waals surface area contributed by atoms with Crippen LogP contribution in [0.15, 0.2) is 0 Å². The summed E-state index contributed by atoms with van der Waals surface area (Å²) in [6, 6.07) is 0. The fourth-order valence-corrected chi connectivity index (χ4v) is 9.26. The van der Waals surface area contributed by atoms with Gasteiger partial charge in [0.05, 0.1) is 24.6 Å². The molecule has 0 radical (unpaired) electrons. The van der Waals surface area contributed by atoms with E-state index in [4.69, 9.17) is 0 Å². The SMILES string of the molecule is CCCC[P+](CCCC)(CC(C)C)CC(C)C. The van der Waals surface area contributed by atoms with Gasteiger partial charge in [0.25, 0.3) is 0 Å². The number of hydrogen-bond donors (Lipinski definition) is 0. The molecule has 17 heavy (non-hydrogen) atoms. The summed E-state index contributed by atoms with van der Waals surface area (Å²) in [6.45, 7) is 14.4. The molecule has 0 aliphatic rings. The third kappa shape index (κ3) is 8.20. The second-order valence-electron chi connectivity index (χ2n) is 6.65. The van der Waals surface area contributed by atoms with E-state index in [0.29, 0.717) is 0 Å². The van der Waals surface area contributed by atoms with E-state index in [0.717, 1.165) is 11.8 Å². The first-order chi connectivity index (χ1) is 7.95. The van der Waals surface area contributed by atoms with E-state index in [1.165, 1.54) is 25.7 Å². The Hall–Kier alpha value is 0.430. The summed E-state index contributed by atoms with van der Waals surface area (Å²) >= 11 is 0. The molecule has 0 aromatic heterocycles. The maximum Gasteiger partial charge on any atom is 0.0617 e. The standard InChI is InChI=1S/C16H36P/c1-7-9-11-17(12-10-8-2,13-15(3)4)14-16(5)6/h15-16H,7-14H2,1-6H3/q+1. The maximum atomic E-state index is 2.42. The lowest BCUT2D eigenvalue weighted by Gasteiger charge is -2.31. The highest BCUT2D eigenvalue weighted by Crippen LogP contribution is 2.62. The Balaban J connectivity index is 4.63. The first kappa shape index (κ1) is 17.4. The fraction of sp³-hybridized carbons (Fsp3) is 1.00. The quantitative estimate of drug-likeness (QED) is 0.427. The van der Waals surface area contributed by atoms with E-state index in [1.807, 2.05) is 0 Å². The zero-order valence-corrected chi connectivity index (χ0v) is 14.2. The van der Waals surface area contributed by atoms with Crippen molar-refractivity contribution in [3.63, 3.8) is 0 Å². The van der Waals surface area contributed by atoms with Gasteiger partial charge in [-0.1, -0.05) is 54.4 Å². The van der Waals surface area contributed by atoms with Gasteiger partial charge in [-0.3, -0.25) is 0 Å². The minimum absolute atomic E-state index is 0.641. The van der Waals surface area contributed by atoms with Gasteiger partial charge in [0, 0.05) is 7.26 Å². The van der Waals surface area contributed by atoms with Gasteiger partial charge in [-0.15, -0.1) is 0 Å². The van der Waals surface area contributed by atoms with E-state index in [-0.39, 0.29) is 0 Å². The Kier molecular flexibility index (Phi) is 9.61. The summed E-state index contributed by atoms with van der Waals surface area (Å²) in [5, 5.41) is 0. The van der Waals surface area contributed by atoms with Crippen molar-refractivity contribution in [2.75, 3.05) is 24.6 Å². The van der Waals surface area contributed by atoms with E-state index >= 15 is 0 Å².